The molecule has 0 radical (unpaired) electrons. The zero-order valence-electron chi connectivity index (χ0n) is 10.4. The maximum absolute atomic E-state index is 12.8. The molecule has 0 aromatic heterocycles. The highest BCUT2D eigenvalue weighted by atomic mass is 19.4. The third-order valence-electron chi connectivity index (χ3n) is 3.27. The maximum atomic E-state index is 12.8. The lowest BCUT2D eigenvalue weighted by Crippen LogP contribution is -2.38. The molecule has 1 nitrogen and oxygen atoms in total. The zero-order chi connectivity index (χ0) is 14.4. The van der Waals surface area contributed by atoms with Gasteiger partial charge < -0.3 is 0 Å². The van der Waals surface area contributed by atoms with E-state index in [4.69, 9.17) is 0 Å². The number of carbonyl (C=O) groups is 1. The molecule has 5 heteroatoms. The van der Waals surface area contributed by atoms with Gasteiger partial charge in [-0.25, -0.2) is 4.39 Å². The van der Waals surface area contributed by atoms with Crippen LogP contribution >= 0.6 is 0 Å². The van der Waals surface area contributed by atoms with Gasteiger partial charge in [-0.3, -0.25) is 4.79 Å². The summed E-state index contributed by atoms with van der Waals surface area (Å²) in [4.78, 5) is 11.5. The Bertz CT molecular complexity index is 550. The number of ketones is 1. The van der Waals surface area contributed by atoms with Crippen molar-refractivity contribution in [3.05, 3.63) is 41.2 Å². The lowest BCUT2D eigenvalue weighted by Gasteiger charge is -2.40. The van der Waals surface area contributed by atoms with Gasteiger partial charge in [-0.2, -0.15) is 13.2 Å². The van der Waals surface area contributed by atoms with E-state index in [0.29, 0.717) is 17.6 Å². The molecule has 1 aliphatic rings. The minimum Gasteiger partial charge on any atom is -0.284 e. The van der Waals surface area contributed by atoms with Crippen LogP contribution in [0.15, 0.2) is 29.8 Å². The fourth-order valence-electron chi connectivity index (χ4n) is 2.40. The number of halogens is 4. The first-order valence-corrected chi connectivity index (χ1v) is 5.74. The van der Waals surface area contributed by atoms with Crippen LogP contribution < -0.4 is 0 Å². The Morgan fingerprint density at radius 3 is 2.11 bits per heavy atom. The van der Waals surface area contributed by atoms with E-state index < -0.39 is 23.2 Å². The molecule has 0 amide bonds. The summed E-state index contributed by atoms with van der Waals surface area (Å²) in [6.07, 6.45) is -4.51. The lowest BCUT2D eigenvalue weighted by molar-refractivity contribution is -0.168. The largest absolute Gasteiger partial charge is 0.454 e. The Balaban J connectivity index is 2.48. The molecule has 0 N–H and O–H groups in total. The molecule has 0 bridgehead atoms. The summed E-state index contributed by atoms with van der Waals surface area (Å²) in [5.74, 6) is -2.27. The van der Waals surface area contributed by atoms with Crippen LogP contribution in [0.25, 0.3) is 5.57 Å². The van der Waals surface area contributed by atoms with Gasteiger partial charge in [-0.1, -0.05) is 26.0 Å². The Labute approximate surface area is 107 Å². The molecule has 0 atom stereocenters. The Hall–Kier alpha value is -1.65. The van der Waals surface area contributed by atoms with E-state index in [2.05, 4.69) is 0 Å². The number of alkyl halides is 3. The summed E-state index contributed by atoms with van der Waals surface area (Å²) in [7, 11) is 0. The summed E-state index contributed by atoms with van der Waals surface area (Å²) >= 11 is 0. The van der Waals surface area contributed by atoms with Gasteiger partial charge in [0.25, 0.3) is 5.78 Å². The summed E-state index contributed by atoms with van der Waals surface area (Å²) in [6.45, 7) is 3.19. The van der Waals surface area contributed by atoms with Crippen LogP contribution in [0.4, 0.5) is 17.6 Å². The van der Waals surface area contributed by atoms with Gasteiger partial charge in [0.05, 0.1) is 0 Å². The second kappa shape index (κ2) is 4.18. The molecule has 2 rings (SSSR count). The predicted molar refractivity (Wildman–Crippen MR) is 62.8 cm³/mol. The molecular weight excluding hydrogens is 260 g/mol. The van der Waals surface area contributed by atoms with Gasteiger partial charge in [0.15, 0.2) is 0 Å². The molecule has 1 aliphatic carbocycles. The van der Waals surface area contributed by atoms with Crippen molar-refractivity contribution in [3.63, 3.8) is 0 Å². The molecule has 0 saturated heterocycles. The highest BCUT2D eigenvalue weighted by Crippen LogP contribution is 2.52. The molecule has 0 unspecified atom stereocenters. The second-order valence-corrected chi connectivity index (χ2v) is 5.25. The van der Waals surface area contributed by atoms with E-state index in [1.807, 2.05) is 0 Å². The van der Waals surface area contributed by atoms with Crippen molar-refractivity contribution in [1.29, 1.82) is 0 Å². The minimum absolute atomic E-state index is 0.216. The molecule has 0 heterocycles. The van der Waals surface area contributed by atoms with Crippen LogP contribution in [0.3, 0.4) is 0 Å². The normalized spacial score (nSPS) is 18.2. The fraction of sp³-hybridized carbons (Fsp3) is 0.357. The summed E-state index contributed by atoms with van der Waals surface area (Å²) in [5.41, 5.74) is -0.191. The molecule has 0 spiro atoms. The van der Waals surface area contributed by atoms with Crippen molar-refractivity contribution < 1.29 is 22.4 Å². The standard InChI is InChI=1S/C14H12F4O/c1-13(2)7-10(8-3-5-9(15)6-4-8)11(13)12(19)14(16,17)18/h3-6H,7H2,1-2H3. The van der Waals surface area contributed by atoms with Crippen molar-refractivity contribution >= 4 is 11.4 Å². The molecule has 0 saturated carbocycles. The Morgan fingerprint density at radius 1 is 1.16 bits per heavy atom. The van der Waals surface area contributed by atoms with Gasteiger partial charge in [0.2, 0.25) is 0 Å². The first-order valence-electron chi connectivity index (χ1n) is 5.74. The molecular formula is C14H12F4O. The van der Waals surface area contributed by atoms with E-state index >= 15 is 0 Å². The van der Waals surface area contributed by atoms with Crippen molar-refractivity contribution in [2.75, 3.05) is 0 Å². The van der Waals surface area contributed by atoms with Crippen molar-refractivity contribution in [2.45, 2.75) is 26.4 Å². The van der Waals surface area contributed by atoms with E-state index in [1.54, 1.807) is 13.8 Å². The fourth-order valence-corrected chi connectivity index (χ4v) is 2.40. The van der Waals surface area contributed by atoms with Crippen molar-refractivity contribution in [2.24, 2.45) is 5.41 Å². The zero-order valence-corrected chi connectivity index (χ0v) is 10.4. The maximum Gasteiger partial charge on any atom is 0.454 e. The first-order chi connectivity index (χ1) is 8.63. The van der Waals surface area contributed by atoms with Crippen molar-refractivity contribution in [1.82, 2.24) is 0 Å². The van der Waals surface area contributed by atoms with Gasteiger partial charge in [-0.05, 0) is 35.1 Å². The van der Waals surface area contributed by atoms with Gasteiger partial charge in [-0.15, -0.1) is 0 Å². The monoisotopic (exact) mass is 272 g/mol. The summed E-state index contributed by atoms with van der Waals surface area (Å²) in [6, 6.07) is 5.12. The minimum atomic E-state index is -4.88. The molecule has 0 aliphatic heterocycles. The number of hydrogen-bond donors (Lipinski definition) is 0. The SMILES string of the molecule is CC1(C)CC(c2ccc(F)cc2)=C1C(=O)C(F)(F)F. The van der Waals surface area contributed by atoms with E-state index in [-0.39, 0.29) is 5.57 Å². The first kappa shape index (κ1) is 13.8. The predicted octanol–water partition coefficient (Wildman–Crippen LogP) is 4.14. The van der Waals surface area contributed by atoms with E-state index in [1.165, 1.54) is 24.3 Å². The topological polar surface area (TPSA) is 17.1 Å². The molecule has 1 aromatic rings. The summed E-state index contributed by atoms with van der Waals surface area (Å²) in [5, 5.41) is 0. The second-order valence-electron chi connectivity index (χ2n) is 5.25. The third-order valence-corrected chi connectivity index (χ3v) is 3.27. The number of Topliss-reactive ketones (excluding diaryl/α,β-unsaturated/α-hetero) is 1. The van der Waals surface area contributed by atoms with Crippen LogP contribution in [0.1, 0.15) is 25.8 Å². The van der Waals surface area contributed by atoms with Gasteiger partial charge in [0.1, 0.15) is 5.82 Å². The highest BCUT2D eigenvalue weighted by Gasteiger charge is 2.51. The number of carbonyl (C=O) groups excluding carboxylic acids is 1. The van der Waals surface area contributed by atoms with Crippen molar-refractivity contribution in [3.8, 4) is 0 Å². The van der Waals surface area contributed by atoms with Crippen LogP contribution in [0.2, 0.25) is 0 Å². The molecule has 0 fully saturated rings. The van der Waals surface area contributed by atoms with E-state index in [9.17, 15) is 22.4 Å². The number of benzene rings is 1. The Kier molecular flexibility index (Phi) is 3.03. The Morgan fingerprint density at radius 2 is 1.68 bits per heavy atom. The smallest absolute Gasteiger partial charge is 0.284 e. The van der Waals surface area contributed by atoms with Crippen LogP contribution in [-0.2, 0) is 4.79 Å². The molecule has 1 aromatic carbocycles. The average molecular weight is 272 g/mol. The van der Waals surface area contributed by atoms with Gasteiger partial charge >= 0.3 is 6.18 Å². The lowest BCUT2D eigenvalue weighted by atomic mass is 9.63. The number of rotatable bonds is 2. The molecule has 102 valence electrons. The number of hydrogen-bond acceptors (Lipinski definition) is 1. The van der Waals surface area contributed by atoms with Crippen LogP contribution in [-0.4, -0.2) is 12.0 Å². The third kappa shape index (κ3) is 2.41. The highest BCUT2D eigenvalue weighted by molar-refractivity contribution is 6.10. The summed E-state index contributed by atoms with van der Waals surface area (Å²) < 4.78 is 50.5. The van der Waals surface area contributed by atoms with Crippen LogP contribution in [0.5, 0.6) is 0 Å². The van der Waals surface area contributed by atoms with Crippen LogP contribution in [0, 0.1) is 11.2 Å². The molecule has 19 heavy (non-hydrogen) atoms. The van der Waals surface area contributed by atoms with E-state index in [0.717, 1.165) is 0 Å². The quantitative estimate of drug-likeness (QED) is 0.739. The number of allylic oxidation sites excluding steroid dienone is 2. The van der Waals surface area contributed by atoms with Gasteiger partial charge in [0, 0.05) is 5.57 Å². The average Bonchev–Trinajstić information content (AvgIpc) is 2.26.